The predicted octanol–water partition coefficient (Wildman–Crippen LogP) is 2.06. The van der Waals surface area contributed by atoms with E-state index in [0.29, 0.717) is 11.4 Å². The van der Waals surface area contributed by atoms with Gasteiger partial charge in [0.1, 0.15) is 0 Å². The minimum atomic E-state index is -1.10. The van der Waals surface area contributed by atoms with Crippen LogP contribution in [0.5, 0.6) is 0 Å². The maximum Gasteiger partial charge on any atom is 0.0941 e. The first kappa shape index (κ1) is 27.9. The number of rotatable bonds is 4. The Morgan fingerprint density at radius 3 is 1.29 bits per heavy atom. The Hall–Kier alpha value is -0.920. The molecule has 0 fully saturated rings. The van der Waals surface area contributed by atoms with Crippen LogP contribution in [0.15, 0.2) is 48.5 Å². The topological polar surface area (TPSA) is 124 Å². The monoisotopic (exact) mass is 416 g/mol. The average Bonchev–Trinajstić information content (AvgIpc) is 2.47. The highest BCUT2D eigenvalue weighted by Crippen LogP contribution is 2.31. The second-order valence-corrected chi connectivity index (χ2v) is 4.86. The van der Waals surface area contributed by atoms with Gasteiger partial charge < -0.3 is 28.0 Å². The molecule has 2 rings (SSSR count). The van der Waals surface area contributed by atoms with Crippen molar-refractivity contribution in [3.05, 3.63) is 59.7 Å². The number of hydrogen-bond donors (Lipinski definition) is 5. The van der Waals surface area contributed by atoms with Crippen LogP contribution < -0.4 is 22.9 Å². The molecule has 9 heteroatoms. The lowest BCUT2D eigenvalue weighted by Crippen LogP contribution is -2.52. The zero-order valence-electron chi connectivity index (χ0n) is 12.8. The van der Waals surface area contributed by atoms with Crippen molar-refractivity contribution < 1.29 is 5.11 Å². The van der Waals surface area contributed by atoms with E-state index in [1.165, 1.54) is 0 Å². The maximum absolute atomic E-state index is 10.3. The summed E-state index contributed by atoms with van der Waals surface area (Å²) < 4.78 is 0. The molecule has 0 amide bonds. The van der Waals surface area contributed by atoms with E-state index in [-0.39, 0.29) is 56.2 Å². The zero-order chi connectivity index (χ0) is 14.8. The number of anilines is 2. The highest BCUT2D eigenvalue weighted by molar-refractivity contribution is 5.86. The van der Waals surface area contributed by atoms with Gasteiger partial charge in [0.15, 0.2) is 0 Å². The van der Waals surface area contributed by atoms with Crippen LogP contribution in [-0.4, -0.2) is 17.8 Å². The van der Waals surface area contributed by atoms with Gasteiger partial charge in [-0.05, 0) is 35.4 Å². The van der Waals surface area contributed by atoms with Crippen molar-refractivity contribution in [3.63, 3.8) is 0 Å². The first-order valence-corrected chi connectivity index (χ1v) is 6.37. The van der Waals surface area contributed by atoms with Crippen LogP contribution >= 0.6 is 49.6 Å². The molecule has 0 spiro atoms. The number of hydrogen-bond acceptors (Lipinski definition) is 5. The Kier molecular flexibility index (Phi) is 13.5. The van der Waals surface area contributed by atoms with E-state index in [1.807, 2.05) is 0 Å². The SMILES string of the molecule is Cl.Cl.Cl.Cl.NCC(O)C(N)(c1ccc(N)cc1)c1ccc(N)cc1. The Balaban J connectivity index is -0.00000110. The second-order valence-electron chi connectivity index (χ2n) is 4.86. The molecular formula is C15H24Cl4N4O. The van der Waals surface area contributed by atoms with E-state index in [9.17, 15) is 5.11 Å². The van der Waals surface area contributed by atoms with Crippen LogP contribution in [0, 0.1) is 0 Å². The normalized spacial score (nSPS) is 11.0. The van der Waals surface area contributed by atoms with Crippen molar-refractivity contribution in [2.45, 2.75) is 11.6 Å². The fourth-order valence-corrected chi connectivity index (χ4v) is 2.26. The summed E-state index contributed by atoms with van der Waals surface area (Å²) in [6.45, 7) is 0.0469. The zero-order valence-corrected chi connectivity index (χ0v) is 16.1. The summed E-state index contributed by atoms with van der Waals surface area (Å²) in [7, 11) is 0. The Morgan fingerprint density at radius 1 is 0.750 bits per heavy atom. The van der Waals surface area contributed by atoms with Gasteiger partial charge in [-0.1, -0.05) is 24.3 Å². The van der Waals surface area contributed by atoms with E-state index in [0.717, 1.165) is 11.1 Å². The van der Waals surface area contributed by atoms with Crippen molar-refractivity contribution in [1.29, 1.82) is 0 Å². The molecule has 1 atom stereocenters. The molecule has 138 valence electrons. The third kappa shape index (κ3) is 5.57. The average molecular weight is 418 g/mol. The highest BCUT2D eigenvalue weighted by Gasteiger charge is 2.36. The molecule has 0 saturated heterocycles. The summed E-state index contributed by atoms with van der Waals surface area (Å²) in [4.78, 5) is 0. The molecule has 0 bridgehead atoms. The maximum atomic E-state index is 10.3. The van der Waals surface area contributed by atoms with Gasteiger partial charge in [0.2, 0.25) is 0 Å². The molecule has 0 aliphatic rings. The van der Waals surface area contributed by atoms with Crippen molar-refractivity contribution in [2.75, 3.05) is 18.0 Å². The fourth-order valence-electron chi connectivity index (χ4n) is 2.26. The van der Waals surface area contributed by atoms with Crippen molar-refractivity contribution in [2.24, 2.45) is 11.5 Å². The standard InChI is InChI=1S/C15H20N4O.4ClH/c16-9-14(20)15(19,10-1-5-12(17)6-2-10)11-3-7-13(18)8-4-11;;;;/h1-8,14,20H,9,16-19H2;4*1H. The third-order valence-electron chi connectivity index (χ3n) is 3.53. The molecule has 9 N–H and O–H groups in total. The second kappa shape index (κ2) is 11.6. The molecule has 0 aliphatic heterocycles. The summed E-state index contributed by atoms with van der Waals surface area (Å²) in [6.07, 6.45) is -0.922. The van der Waals surface area contributed by atoms with E-state index >= 15 is 0 Å². The fraction of sp³-hybridized carbons (Fsp3) is 0.200. The lowest BCUT2D eigenvalue weighted by atomic mass is 9.79. The van der Waals surface area contributed by atoms with Crippen LogP contribution in [0.1, 0.15) is 11.1 Å². The molecular weight excluding hydrogens is 394 g/mol. The molecule has 0 saturated carbocycles. The number of aliphatic hydroxyl groups excluding tert-OH is 1. The van der Waals surface area contributed by atoms with Gasteiger partial charge in [-0.25, -0.2) is 0 Å². The van der Waals surface area contributed by atoms with Crippen LogP contribution in [0.3, 0.4) is 0 Å². The molecule has 0 heterocycles. The minimum absolute atomic E-state index is 0. The summed E-state index contributed by atoms with van der Waals surface area (Å²) >= 11 is 0. The largest absolute Gasteiger partial charge is 0.399 e. The van der Waals surface area contributed by atoms with Crippen LogP contribution in [0.4, 0.5) is 11.4 Å². The predicted molar refractivity (Wildman–Crippen MR) is 111 cm³/mol. The van der Waals surface area contributed by atoms with E-state index in [4.69, 9.17) is 22.9 Å². The number of benzene rings is 2. The molecule has 5 nitrogen and oxygen atoms in total. The summed E-state index contributed by atoms with van der Waals surface area (Å²) in [5.74, 6) is 0. The number of aliphatic hydroxyl groups is 1. The quantitative estimate of drug-likeness (QED) is 0.487. The first-order chi connectivity index (χ1) is 9.48. The van der Waals surface area contributed by atoms with Gasteiger partial charge >= 0.3 is 0 Å². The van der Waals surface area contributed by atoms with Gasteiger partial charge in [-0.3, -0.25) is 0 Å². The molecule has 0 radical (unpaired) electrons. The molecule has 1 unspecified atom stereocenters. The van der Waals surface area contributed by atoms with E-state index < -0.39 is 11.6 Å². The van der Waals surface area contributed by atoms with Crippen LogP contribution in [0.25, 0.3) is 0 Å². The lowest BCUT2D eigenvalue weighted by molar-refractivity contribution is 0.112. The molecule has 0 aliphatic carbocycles. The van der Waals surface area contributed by atoms with Gasteiger partial charge in [0.25, 0.3) is 0 Å². The molecule has 24 heavy (non-hydrogen) atoms. The van der Waals surface area contributed by atoms with Crippen LogP contribution in [0.2, 0.25) is 0 Å². The Labute approximate surface area is 166 Å². The van der Waals surface area contributed by atoms with E-state index in [1.54, 1.807) is 48.5 Å². The molecule has 0 aromatic heterocycles. The van der Waals surface area contributed by atoms with E-state index in [2.05, 4.69) is 0 Å². The highest BCUT2D eigenvalue weighted by atomic mass is 35.5. The Morgan fingerprint density at radius 2 is 1.04 bits per heavy atom. The number of halogens is 4. The van der Waals surface area contributed by atoms with Gasteiger partial charge in [-0.2, -0.15) is 0 Å². The summed E-state index contributed by atoms with van der Waals surface area (Å²) in [5.41, 5.74) is 25.1. The van der Waals surface area contributed by atoms with Gasteiger partial charge in [0.05, 0.1) is 11.6 Å². The molecule has 2 aromatic carbocycles. The Bertz CT molecular complexity index is 536. The molecule has 2 aromatic rings. The number of nitrogen functional groups attached to an aromatic ring is 2. The third-order valence-corrected chi connectivity index (χ3v) is 3.53. The van der Waals surface area contributed by atoms with Crippen molar-refractivity contribution >= 4 is 61.0 Å². The smallest absolute Gasteiger partial charge is 0.0941 e. The summed E-state index contributed by atoms with van der Waals surface area (Å²) in [5, 5.41) is 10.3. The van der Waals surface area contributed by atoms with Crippen LogP contribution in [-0.2, 0) is 5.54 Å². The minimum Gasteiger partial charge on any atom is -0.399 e. The van der Waals surface area contributed by atoms with Gasteiger partial charge in [-0.15, -0.1) is 49.6 Å². The number of nitrogens with two attached hydrogens (primary N) is 4. The lowest BCUT2D eigenvalue weighted by Gasteiger charge is -2.35. The van der Waals surface area contributed by atoms with Crippen molar-refractivity contribution in [1.82, 2.24) is 0 Å². The van der Waals surface area contributed by atoms with Gasteiger partial charge in [0, 0.05) is 17.9 Å². The first-order valence-electron chi connectivity index (χ1n) is 6.37. The summed E-state index contributed by atoms with van der Waals surface area (Å²) in [6, 6.07) is 14.2. The van der Waals surface area contributed by atoms with Crippen molar-refractivity contribution in [3.8, 4) is 0 Å².